The van der Waals surface area contributed by atoms with Crippen LogP contribution < -0.4 is 0 Å². The topological polar surface area (TPSA) is 36.9 Å². The fraction of sp³-hybridized carbons (Fsp3) is 1.00. The molecule has 130 valence electrons. The molecule has 2 rings (SSSR count). The van der Waals surface area contributed by atoms with Crippen molar-refractivity contribution in [2.45, 2.75) is 10.5 Å². The summed E-state index contributed by atoms with van der Waals surface area (Å²) in [5, 5.41) is 1.78. The van der Waals surface area contributed by atoms with Crippen molar-refractivity contribution in [3.05, 3.63) is 0 Å². The highest BCUT2D eigenvalue weighted by Crippen LogP contribution is 2.33. The van der Waals surface area contributed by atoms with Gasteiger partial charge in [-0.25, -0.2) is 0 Å². The first-order valence-electron chi connectivity index (χ1n) is 7.65. The van der Waals surface area contributed by atoms with E-state index in [1.165, 1.54) is 23.0 Å². The lowest BCUT2D eigenvalue weighted by Crippen LogP contribution is -2.12. The van der Waals surface area contributed by atoms with Crippen LogP contribution in [-0.4, -0.2) is 85.0 Å². The monoisotopic (exact) mass is 386 g/mol. The summed E-state index contributed by atoms with van der Waals surface area (Å²) in [6.45, 7) is 3.89. The molecule has 0 aliphatic carbocycles. The second-order valence-corrected chi connectivity index (χ2v) is 9.55. The molecule has 0 spiro atoms. The highest BCUT2D eigenvalue weighted by molar-refractivity contribution is 8.09. The zero-order chi connectivity index (χ0) is 15.3. The van der Waals surface area contributed by atoms with Crippen LogP contribution in [0.5, 0.6) is 0 Å². The lowest BCUT2D eigenvalue weighted by atomic mass is 10.6. The number of hydrogen-bond donors (Lipinski definition) is 0. The quantitative estimate of drug-likeness (QED) is 0.215. The van der Waals surface area contributed by atoms with Crippen LogP contribution in [0.25, 0.3) is 0 Å². The molecule has 0 amide bonds. The van der Waals surface area contributed by atoms with Crippen LogP contribution in [0.1, 0.15) is 0 Å². The van der Waals surface area contributed by atoms with E-state index in [4.69, 9.17) is 18.9 Å². The molecule has 0 radical (unpaired) electrons. The second kappa shape index (κ2) is 13.5. The Hall–Kier alpha value is 1.24. The molecule has 2 saturated heterocycles. The van der Waals surface area contributed by atoms with Crippen molar-refractivity contribution >= 4 is 47.0 Å². The van der Waals surface area contributed by atoms with Gasteiger partial charge in [-0.15, -0.1) is 23.5 Å². The van der Waals surface area contributed by atoms with E-state index < -0.39 is 0 Å². The molecule has 2 unspecified atom stereocenters. The Bertz CT molecular complexity index is 239. The lowest BCUT2D eigenvalue weighted by molar-refractivity contribution is 0.00782. The maximum Gasteiger partial charge on any atom is 0.0922 e. The Morgan fingerprint density at radius 2 is 1.00 bits per heavy atom. The first-order valence-corrected chi connectivity index (χ1v) is 12.1. The van der Waals surface area contributed by atoms with Crippen molar-refractivity contribution in [3.8, 4) is 0 Å². The maximum absolute atomic E-state index is 5.48. The van der Waals surface area contributed by atoms with E-state index in [0.717, 1.165) is 22.4 Å². The van der Waals surface area contributed by atoms with E-state index in [1.54, 1.807) is 0 Å². The van der Waals surface area contributed by atoms with Crippen molar-refractivity contribution in [2.75, 3.05) is 74.5 Å². The van der Waals surface area contributed by atoms with Gasteiger partial charge in [0.15, 0.2) is 0 Å². The number of hydrogen-bond acceptors (Lipinski definition) is 8. The minimum Gasteiger partial charge on any atom is -0.377 e. The molecule has 4 nitrogen and oxygen atoms in total. The Balaban J connectivity index is 1.16. The van der Waals surface area contributed by atoms with Gasteiger partial charge >= 0.3 is 0 Å². The average molecular weight is 387 g/mol. The van der Waals surface area contributed by atoms with E-state index in [-0.39, 0.29) is 0 Å². The molecule has 0 N–H and O–H groups in total. The predicted molar refractivity (Wildman–Crippen MR) is 101 cm³/mol. The molecule has 2 aliphatic heterocycles. The van der Waals surface area contributed by atoms with Crippen LogP contribution in [0.15, 0.2) is 0 Å². The fourth-order valence-electron chi connectivity index (χ4n) is 1.48. The summed E-state index contributed by atoms with van der Waals surface area (Å²) >= 11 is 7.81. The molecular formula is C14H26O4S4. The Morgan fingerprint density at radius 3 is 1.36 bits per heavy atom. The minimum atomic E-state index is 0.628. The molecule has 0 aromatic heterocycles. The number of thioether (sulfide) groups is 4. The molecule has 2 atom stereocenters. The van der Waals surface area contributed by atoms with Crippen molar-refractivity contribution in [1.29, 1.82) is 0 Å². The van der Waals surface area contributed by atoms with Crippen LogP contribution >= 0.6 is 47.0 Å². The van der Waals surface area contributed by atoms with Gasteiger partial charge in [-0.05, 0) is 0 Å². The van der Waals surface area contributed by atoms with Crippen molar-refractivity contribution in [2.24, 2.45) is 0 Å². The zero-order valence-corrected chi connectivity index (χ0v) is 16.2. The highest BCUT2D eigenvalue weighted by atomic mass is 32.2. The third-order valence-electron chi connectivity index (χ3n) is 2.86. The predicted octanol–water partition coefficient (Wildman–Crippen LogP) is 2.67. The van der Waals surface area contributed by atoms with Gasteiger partial charge in [0.2, 0.25) is 0 Å². The van der Waals surface area contributed by atoms with Gasteiger partial charge < -0.3 is 18.9 Å². The first-order chi connectivity index (χ1) is 10.9. The van der Waals surface area contributed by atoms with Gasteiger partial charge in [0.05, 0.1) is 51.5 Å². The standard InChI is InChI=1S/C14H26O4S4/c1(15-3-5-17-11-19-7-13-9-21-13)2-16-4-6-18-12-20-8-14-10-22-14/h13-14H,1-12H2. The van der Waals surface area contributed by atoms with Crippen LogP contribution in [0.3, 0.4) is 0 Å². The van der Waals surface area contributed by atoms with Crippen LogP contribution in [0.4, 0.5) is 0 Å². The molecule has 8 heteroatoms. The highest BCUT2D eigenvalue weighted by Gasteiger charge is 2.22. The molecule has 0 bridgehead atoms. The van der Waals surface area contributed by atoms with Crippen LogP contribution in [0.2, 0.25) is 0 Å². The van der Waals surface area contributed by atoms with Crippen LogP contribution in [-0.2, 0) is 18.9 Å². The van der Waals surface area contributed by atoms with Crippen molar-refractivity contribution < 1.29 is 18.9 Å². The summed E-state index contributed by atoms with van der Waals surface area (Å²) in [6.07, 6.45) is 0. The molecular weight excluding hydrogens is 360 g/mol. The van der Waals surface area contributed by atoms with Gasteiger partial charge in [0.1, 0.15) is 0 Å². The Morgan fingerprint density at radius 1 is 0.636 bits per heavy atom. The first kappa shape index (κ1) is 19.6. The van der Waals surface area contributed by atoms with E-state index in [9.17, 15) is 0 Å². The third kappa shape index (κ3) is 12.6. The molecule has 2 fully saturated rings. The largest absolute Gasteiger partial charge is 0.377 e. The maximum atomic E-state index is 5.48. The molecule has 2 heterocycles. The molecule has 0 saturated carbocycles. The molecule has 0 aromatic carbocycles. The minimum absolute atomic E-state index is 0.628. The summed E-state index contributed by atoms with van der Waals surface area (Å²) < 4.78 is 21.8. The fourth-order valence-corrected chi connectivity index (χ4v) is 5.06. The van der Waals surface area contributed by atoms with E-state index in [0.29, 0.717) is 39.6 Å². The van der Waals surface area contributed by atoms with E-state index >= 15 is 0 Å². The Kier molecular flexibility index (Phi) is 12.0. The van der Waals surface area contributed by atoms with Gasteiger partial charge in [-0.2, -0.15) is 23.5 Å². The third-order valence-corrected chi connectivity index (χ3v) is 7.17. The van der Waals surface area contributed by atoms with Crippen molar-refractivity contribution in [1.82, 2.24) is 0 Å². The smallest absolute Gasteiger partial charge is 0.0922 e. The SMILES string of the molecule is C(COCCOCSCC1CS1)OCCOCSCC1CS1. The van der Waals surface area contributed by atoms with Gasteiger partial charge in [-0.3, -0.25) is 0 Å². The summed E-state index contributed by atoms with van der Waals surface area (Å²) in [5.74, 6) is 6.68. The summed E-state index contributed by atoms with van der Waals surface area (Å²) in [5.41, 5.74) is 0. The summed E-state index contributed by atoms with van der Waals surface area (Å²) in [7, 11) is 0. The molecule has 2 aliphatic rings. The number of ether oxygens (including phenoxy) is 4. The molecule has 22 heavy (non-hydrogen) atoms. The van der Waals surface area contributed by atoms with E-state index in [1.807, 2.05) is 47.0 Å². The average Bonchev–Trinajstić information content (AvgIpc) is 3.41. The summed E-state index contributed by atoms with van der Waals surface area (Å²) in [4.78, 5) is 0. The van der Waals surface area contributed by atoms with Gasteiger partial charge in [0, 0.05) is 33.5 Å². The van der Waals surface area contributed by atoms with Crippen molar-refractivity contribution in [3.63, 3.8) is 0 Å². The molecule has 0 aromatic rings. The zero-order valence-electron chi connectivity index (χ0n) is 12.9. The summed E-state index contributed by atoms with van der Waals surface area (Å²) in [6, 6.07) is 0. The normalized spacial score (nSPS) is 22.9. The van der Waals surface area contributed by atoms with E-state index in [2.05, 4.69) is 0 Å². The Labute approximate surface area is 150 Å². The van der Waals surface area contributed by atoms with Gasteiger partial charge in [-0.1, -0.05) is 0 Å². The second-order valence-electron chi connectivity index (χ2n) is 4.93. The van der Waals surface area contributed by atoms with Gasteiger partial charge in [0.25, 0.3) is 0 Å². The number of rotatable bonds is 17. The lowest BCUT2D eigenvalue weighted by Gasteiger charge is -2.07. The van der Waals surface area contributed by atoms with Crippen LogP contribution in [0, 0.1) is 0 Å².